The Morgan fingerprint density at radius 2 is 1.33 bits per heavy atom. The van der Waals surface area contributed by atoms with Crippen LogP contribution >= 0.6 is 37.8 Å². The average molecular weight is 305 g/mol. The molecule has 0 aliphatic heterocycles. The number of hydrogen-bond donors (Lipinski definition) is 0. The SMILES string of the molecule is FC(F)(C(Cl)Br)S(F)(F)(F)(F)F. The Hall–Kier alpha value is 0.630. The fourth-order valence-corrected chi connectivity index (χ4v) is 2.07. The molecule has 0 saturated heterocycles. The first kappa shape index (κ1) is 12.6. The molecule has 0 rings (SSSR count). The van der Waals surface area contributed by atoms with Crippen LogP contribution in [0.25, 0.3) is 0 Å². The minimum Gasteiger partial charge on any atom is -0.181 e. The van der Waals surface area contributed by atoms with Gasteiger partial charge in [-0.05, 0) is 0 Å². The van der Waals surface area contributed by atoms with Crippen LogP contribution in [0.4, 0.5) is 28.2 Å². The summed E-state index contributed by atoms with van der Waals surface area (Å²) in [5.74, 6) is 0. The molecule has 0 nitrogen and oxygen atoms in total. The molecule has 0 saturated carbocycles. The predicted octanol–water partition coefficient (Wildman–Crippen LogP) is 4.84. The molecule has 0 spiro atoms. The lowest BCUT2D eigenvalue weighted by molar-refractivity contribution is 0.0557. The minimum absolute atomic E-state index is 1.55. The van der Waals surface area contributed by atoms with Gasteiger partial charge in [-0.3, -0.25) is 0 Å². The zero-order valence-electron chi connectivity index (χ0n) is 4.89. The molecule has 1 unspecified atom stereocenters. The molecule has 0 aromatic heterocycles. The van der Waals surface area contributed by atoms with Crippen molar-refractivity contribution in [2.24, 2.45) is 0 Å². The van der Waals surface area contributed by atoms with Gasteiger partial charge in [0.2, 0.25) is 0 Å². The summed E-state index contributed by atoms with van der Waals surface area (Å²) in [4.78, 5) is 0. The third kappa shape index (κ3) is 2.11. The summed E-state index contributed by atoms with van der Waals surface area (Å²) in [6, 6.07) is 0. The molecule has 0 radical (unpaired) electrons. The second-order valence-corrected chi connectivity index (χ2v) is 6.19. The number of halogens is 9. The lowest BCUT2D eigenvalue weighted by Gasteiger charge is -2.46. The molecule has 78 valence electrons. The van der Waals surface area contributed by atoms with Crippen LogP contribution in [0.2, 0.25) is 0 Å². The van der Waals surface area contributed by atoms with Gasteiger partial charge in [-0.1, -0.05) is 35.4 Å². The lowest BCUT2D eigenvalue weighted by Crippen LogP contribution is -2.38. The maximum atomic E-state index is 11.8. The molecular formula is C2HBrClF7S. The van der Waals surface area contributed by atoms with E-state index in [0.717, 1.165) is 0 Å². The van der Waals surface area contributed by atoms with Crippen molar-refractivity contribution in [2.45, 2.75) is 9.54 Å². The molecule has 0 bridgehead atoms. The van der Waals surface area contributed by atoms with Crippen LogP contribution in [0.1, 0.15) is 0 Å². The Morgan fingerprint density at radius 1 is 1.08 bits per heavy atom. The van der Waals surface area contributed by atoms with Crippen molar-refractivity contribution in [2.75, 3.05) is 0 Å². The summed E-state index contributed by atoms with van der Waals surface area (Å²) in [5.41, 5.74) is 0. The number of alkyl halides is 4. The number of hydrogen-bond acceptors (Lipinski definition) is 0. The molecule has 0 aromatic carbocycles. The molecule has 0 N–H and O–H groups in total. The van der Waals surface area contributed by atoms with E-state index in [-0.39, 0.29) is 0 Å². The summed E-state index contributed by atoms with van der Waals surface area (Å²) in [5, 5.41) is -6.22. The van der Waals surface area contributed by atoms with Crippen molar-refractivity contribution in [3.63, 3.8) is 0 Å². The van der Waals surface area contributed by atoms with Crippen molar-refractivity contribution in [1.29, 1.82) is 0 Å². The van der Waals surface area contributed by atoms with Crippen LogP contribution in [0, 0.1) is 0 Å². The molecule has 0 amide bonds. The standard InChI is InChI=1S/C2HBrClF7S/c3-1(4)2(5,6)12(7,8,9,10)11/h1H. The number of rotatable bonds is 2. The van der Waals surface area contributed by atoms with Crippen molar-refractivity contribution in [3.05, 3.63) is 0 Å². The van der Waals surface area contributed by atoms with Crippen LogP contribution in [0.3, 0.4) is 0 Å². The Morgan fingerprint density at radius 3 is 1.33 bits per heavy atom. The maximum Gasteiger partial charge on any atom is 0.406 e. The Balaban J connectivity index is 5.34. The zero-order valence-corrected chi connectivity index (χ0v) is 8.05. The predicted molar refractivity (Wildman–Crippen MR) is 36.6 cm³/mol. The molecule has 0 aromatic rings. The van der Waals surface area contributed by atoms with Crippen LogP contribution < -0.4 is 0 Å². The molecule has 10 heteroatoms. The van der Waals surface area contributed by atoms with Gasteiger partial charge >= 0.3 is 15.5 Å². The molecule has 0 fully saturated rings. The third-order valence-electron chi connectivity index (χ3n) is 0.768. The van der Waals surface area contributed by atoms with Crippen molar-refractivity contribution in [1.82, 2.24) is 0 Å². The first-order valence-electron chi connectivity index (χ1n) is 2.08. The van der Waals surface area contributed by atoms with Gasteiger partial charge in [-0.25, -0.2) is 0 Å². The molecule has 0 aliphatic rings. The first-order valence-corrected chi connectivity index (χ1v) is 5.38. The van der Waals surface area contributed by atoms with E-state index < -0.39 is 19.8 Å². The zero-order chi connectivity index (χ0) is 10.5. The summed E-state index contributed by atoms with van der Waals surface area (Å²) in [6.07, 6.45) is 0. The summed E-state index contributed by atoms with van der Waals surface area (Å²) >= 11 is 5.78. The van der Waals surface area contributed by atoms with Crippen molar-refractivity contribution in [3.8, 4) is 0 Å². The van der Waals surface area contributed by atoms with Crippen molar-refractivity contribution < 1.29 is 28.2 Å². The molecule has 0 aliphatic carbocycles. The van der Waals surface area contributed by atoms with E-state index >= 15 is 0 Å². The second-order valence-electron chi connectivity index (χ2n) is 1.83. The van der Waals surface area contributed by atoms with Gasteiger partial charge < -0.3 is 0 Å². The fourth-order valence-electron chi connectivity index (χ4n) is 0.168. The van der Waals surface area contributed by atoms with E-state index in [1.807, 2.05) is 0 Å². The van der Waals surface area contributed by atoms with Gasteiger partial charge in [0.15, 0.2) is 4.29 Å². The highest BCUT2D eigenvalue weighted by molar-refractivity contribution is 9.10. The lowest BCUT2D eigenvalue weighted by atomic mass is 10.8. The van der Waals surface area contributed by atoms with Gasteiger partial charge in [-0.2, -0.15) is 8.78 Å². The van der Waals surface area contributed by atoms with Gasteiger partial charge in [0.05, 0.1) is 0 Å². The van der Waals surface area contributed by atoms with E-state index in [1.165, 1.54) is 0 Å². The monoisotopic (exact) mass is 304 g/mol. The van der Waals surface area contributed by atoms with E-state index in [1.54, 1.807) is 15.9 Å². The van der Waals surface area contributed by atoms with E-state index in [2.05, 4.69) is 11.6 Å². The van der Waals surface area contributed by atoms with Gasteiger partial charge in [0.25, 0.3) is 0 Å². The van der Waals surface area contributed by atoms with Crippen LogP contribution in [0.15, 0.2) is 0 Å². The first-order chi connectivity index (χ1) is 4.69. The quantitative estimate of drug-likeness (QED) is 0.506. The maximum absolute atomic E-state index is 11.8. The summed E-state index contributed by atoms with van der Waals surface area (Å²) in [7, 11) is -10.9. The largest absolute Gasteiger partial charge is 0.406 e. The minimum atomic E-state index is -10.9. The van der Waals surface area contributed by atoms with Gasteiger partial charge in [-0.15, -0.1) is 11.6 Å². The normalized spacial score (nSPS) is 22.8. The Bertz CT molecular complexity index is 191. The van der Waals surface area contributed by atoms with Crippen LogP contribution in [-0.2, 0) is 0 Å². The molecule has 0 heterocycles. The van der Waals surface area contributed by atoms with Crippen LogP contribution in [0.5, 0.6) is 0 Å². The molecular weight excluding hydrogens is 304 g/mol. The topological polar surface area (TPSA) is 0 Å². The fraction of sp³-hybridized carbons (Fsp3) is 1.00. The summed E-state index contributed by atoms with van der Waals surface area (Å²) in [6.45, 7) is 0. The van der Waals surface area contributed by atoms with E-state index in [0.29, 0.717) is 0 Å². The van der Waals surface area contributed by atoms with Crippen molar-refractivity contribution >= 4 is 37.8 Å². The second kappa shape index (κ2) is 2.17. The molecule has 12 heavy (non-hydrogen) atoms. The highest BCUT2D eigenvalue weighted by Crippen LogP contribution is 3.05. The van der Waals surface area contributed by atoms with E-state index in [4.69, 9.17) is 0 Å². The average Bonchev–Trinajstić information content (AvgIpc) is 1.56. The smallest absolute Gasteiger partial charge is 0.181 e. The van der Waals surface area contributed by atoms with Gasteiger partial charge in [0.1, 0.15) is 0 Å². The third-order valence-corrected chi connectivity index (χ3v) is 3.31. The van der Waals surface area contributed by atoms with E-state index in [9.17, 15) is 28.2 Å². The Kier molecular flexibility index (Phi) is 2.28. The summed E-state index contributed by atoms with van der Waals surface area (Å²) < 4.78 is 77.4. The van der Waals surface area contributed by atoms with Crippen LogP contribution in [-0.4, -0.2) is 9.54 Å². The van der Waals surface area contributed by atoms with Gasteiger partial charge in [0, 0.05) is 0 Å². The highest BCUT2D eigenvalue weighted by atomic mass is 79.9. The highest BCUT2D eigenvalue weighted by Gasteiger charge is 2.85. The molecule has 1 atom stereocenters. The Labute approximate surface area is 75.9 Å².